The van der Waals surface area contributed by atoms with Crippen LogP contribution in [0.5, 0.6) is 0 Å². The van der Waals surface area contributed by atoms with E-state index in [2.05, 4.69) is 0 Å². The molecule has 60 valence electrons. The number of rotatable bonds is 3. The van der Waals surface area contributed by atoms with E-state index in [-0.39, 0.29) is 6.04 Å². The average Bonchev–Trinajstić information content (AvgIpc) is 2.34. The molecule has 2 heteroatoms. The molecule has 0 radical (unpaired) electrons. The molecule has 2 N–H and O–H groups in total. The molecule has 2 nitrogen and oxygen atoms in total. The molecule has 0 aromatic carbocycles. The molecule has 1 atom stereocenters. The highest BCUT2D eigenvalue weighted by Gasteiger charge is 2.15. The Kier molecular flexibility index (Phi) is 3.16. The van der Waals surface area contributed by atoms with Crippen molar-refractivity contribution in [3.63, 3.8) is 0 Å². The van der Waals surface area contributed by atoms with Gasteiger partial charge < -0.3 is 10.5 Å². The van der Waals surface area contributed by atoms with Gasteiger partial charge in [0.05, 0.1) is 12.7 Å². The first-order valence-electron chi connectivity index (χ1n) is 4.16. The van der Waals surface area contributed by atoms with E-state index < -0.39 is 0 Å². The van der Waals surface area contributed by atoms with Crippen LogP contribution in [0.1, 0.15) is 32.6 Å². The third-order valence-electron chi connectivity index (χ3n) is 1.90. The Morgan fingerprint density at radius 2 is 2.10 bits per heavy atom. The summed E-state index contributed by atoms with van der Waals surface area (Å²) in [6, 6.07) is 0.195. The minimum Gasteiger partial charge on any atom is -0.377 e. The fraction of sp³-hybridized carbons (Fsp3) is 1.00. The quantitative estimate of drug-likeness (QED) is 0.646. The summed E-state index contributed by atoms with van der Waals surface area (Å²) < 4.78 is 5.54. The van der Waals surface area contributed by atoms with Crippen LogP contribution in [-0.4, -0.2) is 18.8 Å². The summed E-state index contributed by atoms with van der Waals surface area (Å²) in [7, 11) is 0. The van der Waals surface area contributed by atoms with E-state index in [1.165, 1.54) is 25.7 Å². The Balaban J connectivity index is 2.01. The van der Waals surface area contributed by atoms with Gasteiger partial charge >= 0.3 is 0 Å². The smallest absolute Gasteiger partial charge is 0.0618 e. The lowest BCUT2D eigenvalue weighted by molar-refractivity contribution is 0.0516. The number of hydrogen-bond acceptors (Lipinski definition) is 2. The van der Waals surface area contributed by atoms with Gasteiger partial charge in [-0.15, -0.1) is 0 Å². The van der Waals surface area contributed by atoms with E-state index >= 15 is 0 Å². The molecule has 10 heavy (non-hydrogen) atoms. The molecule has 1 rings (SSSR count). The zero-order valence-electron chi connectivity index (χ0n) is 6.68. The Hall–Kier alpha value is -0.0800. The van der Waals surface area contributed by atoms with Crippen molar-refractivity contribution in [3.8, 4) is 0 Å². The number of hydrogen-bond donors (Lipinski definition) is 1. The average molecular weight is 143 g/mol. The molecule has 1 aliphatic rings. The van der Waals surface area contributed by atoms with Crippen molar-refractivity contribution in [2.45, 2.75) is 44.8 Å². The first-order valence-corrected chi connectivity index (χ1v) is 4.16. The second-order valence-corrected chi connectivity index (χ2v) is 3.22. The summed E-state index contributed by atoms with van der Waals surface area (Å²) in [6.07, 6.45) is 5.68. The van der Waals surface area contributed by atoms with Gasteiger partial charge in [-0.25, -0.2) is 0 Å². The fourth-order valence-corrected chi connectivity index (χ4v) is 1.34. The molecule has 0 bridgehead atoms. The zero-order valence-corrected chi connectivity index (χ0v) is 6.68. The monoisotopic (exact) mass is 143 g/mol. The van der Waals surface area contributed by atoms with Crippen LogP contribution in [0.2, 0.25) is 0 Å². The van der Waals surface area contributed by atoms with Crippen LogP contribution in [0.25, 0.3) is 0 Å². The van der Waals surface area contributed by atoms with Crippen molar-refractivity contribution < 1.29 is 4.74 Å². The summed E-state index contributed by atoms with van der Waals surface area (Å²) in [4.78, 5) is 0. The van der Waals surface area contributed by atoms with E-state index in [1.807, 2.05) is 6.92 Å². The molecule has 0 heterocycles. The molecular formula is C8H17NO. The molecule has 0 aromatic heterocycles. The van der Waals surface area contributed by atoms with Crippen LogP contribution < -0.4 is 5.73 Å². The molecule has 0 amide bonds. The highest BCUT2D eigenvalue weighted by molar-refractivity contribution is 4.67. The number of ether oxygens (including phenoxy) is 1. The lowest BCUT2D eigenvalue weighted by Gasteiger charge is -2.12. The van der Waals surface area contributed by atoms with E-state index in [0.29, 0.717) is 6.10 Å². The van der Waals surface area contributed by atoms with Crippen LogP contribution in [0.15, 0.2) is 0 Å². The SMILES string of the molecule is C[C@H](N)COC1CCCC1. The van der Waals surface area contributed by atoms with Gasteiger partial charge in [-0.1, -0.05) is 12.8 Å². The Labute approximate surface area is 62.7 Å². The van der Waals surface area contributed by atoms with Crippen molar-refractivity contribution >= 4 is 0 Å². The predicted octanol–water partition coefficient (Wildman–Crippen LogP) is 1.29. The Morgan fingerprint density at radius 3 is 2.60 bits per heavy atom. The van der Waals surface area contributed by atoms with Crippen LogP contribution in [0.4, 0.5) is 0 Å². The molecule has 0 aromatic rings. The zero-order chi connectivity index (χ0) is 7.40. The second kappa shape index (κ2) is 3.94. The Morgan fingerprint density at radius 1 is 1.50 bits per heavy atom. The van der Waals surface area contributed by atoms with Crippen molar-refractivity contribution in [1.29, 1.82) is 0 Å². The molecule has 0 saturated heterocycles. The van der Waals surface area contributed by atoms with E-state index in [0.717, 1.165) is 6.61 Å². The van der Waals surface area contributed by atoms with E-state index in [4.69, 9.17) is 10.5 Å². The predicted molar refractivity (Wildman–Crippen MR) is 41.9 cm³/mol. The fourth-order valence-electron chi connectivity index (χ4n) is 1.34. The first kappa shape index (κ1) is 8.02. The molecular weight excluding hydrogens is 126 g/mol. The highest BCUT2D eigenvalue weighted by atomic mass is 16.5. The summed E-state index contributed by atoms with van der Waals surface area (Å²) in [5.41, 5.74) is 5.55. The van der Waals surface area contributed by atoms with Gasteiger partial charge in [0.15, 0.2) is 0 Å². The van der Waals surface area contributed by atoms with Crippen molar-refractivity contribution in [2.24, 2.45) is 5.73 Å². The van der Waals surface area contributed by atoms with Gasteiger partial charge in [0.1, 0.15) is 0 Å². The van der Waals surface area contributed by atoms with Crippen LogP contribution in [0, 0.1) is 0 Å². The van der Waals surface area contributed by atoms with Crippen LogP contribution in [0.3, 0.4) is 0 Å². The van der Waals surface area contributed by atoms with Crippen molar-refractivity contribution in [2.75, 3.05) is 6.61 Å². The maximum atomic E-state index is 5.55. The van der Waals surface area contributed by atoms with E-state index in [1.54, 1.807) is 0 Å². The van der Waals surface area contributed by atoms with Gasteiger partial charge in [-0.2, -0.15) is 0 Å². The maximum absolute atomic E-state index is 5.55. The maximum Gasteiger partial charge on any atom is 0.0618 e. The standard InChI is InChI=1S/C8H17NO/c1-7(9)6-10-8-4-2-3-5-8/h7-8H,2-6,9H2,1H3/t7-/m0/s1. The Bertz CT molecular complexity index is 87.3. The van der Waals surface area contributed by atoms with Gasteiger partial charge in [-0.3, -0.25) is 0 Å². The lowest BCUT2D eigenvalue weighted by Crippen LogP contribution is -2.24. The lowest BCUT2D eigenvalue weighted by atomic mass is 10.3. The van der Waals surface area contributed by atoms with Crippen molar-refractivity contribution in [1.82, 2.24) is 0 Å². The minimum atomic E-state index is 0.195. The minimum absolute atomic E-state index is 0.195. The van der Waals surface area contributed by atoms with Crippen LogP contribution >= 0.6 is 0 Å². The van der Waals surface area contributed by atoms with E-state index in [9.17, 15) is 0 Å². The van der Waals surface area contributed by atoms with Gasteiger partial charge in [0.25, 0.3) is 0 Å². The largest absolute Gasteiger partial charge is 0.377 e. The molecule has 0 spiro atoms. The summed E-state index contributed by atoms with van der Waals surface area (Å²) in [5, 5.41) is 0. The molecule has 1 aliphatic carbocycles. The molecule has 1 saturated carbocycles. The molecule has 1 fully saturated rings. The van der Waals surface area contributed by atoms with Gasteiger partial charge in [-0.05, 0) is 19.8 Å². The number of nitrogens with two attached hydrogens (primary N) is 1. The van der Waals surface area contributed by atoms with Crippen LogP contribution in [-0.2, 0) is 4.74 Å². The van der Waals surface area contributed by atoms with Crippen molar-refractivity contribution in [3.05, 3.63) is 0 Å². The third kappa shape index (κ3) is 2.67. The summed E-state index contributed by atoms with van der Waals surface area (Å²) in [6.45, 7) is 2.71. The van der Waals surface area contributed by atoms with Gasteiger partial charge in [0, 0.05) is 6.04 Å². The molecule has 0 unspecified atom stereocenters. The highest BCUT2D eigenvalue weighted by Crippen LogP contribution is 2.20. The normalized spacial score (nSPS) is 23.4. The first-order chi connectivity index (χ1) is 4.79. The summed E-state index contributed by atoms with van der Waals surface area (Å²) >= 11 is 0. The topological polar surface area (TPSA) is 35.2 Å². The second-order valence-electron chi connectivity index (χ2n) is 3.22. The van der Waals surface area contributed by atoms with Gasteiger partial charge in [0.2, 0.25) is 0 Å². The third-order valence-corrected chi connectivity index (χ3v) is 1.90. The summed E-state index contributed by atoms with van der Waals surface area (Å²) in [5.74, 6) is 0. The molecule has 0 aliphatic heterocycles.